The topological polar surface area (TPSA) is 83.1 Å². The monoisotopic (exact) mass is 357 g/mol. The molecule has 0 unspecified atom stereocenters. The molecule has 1 fully saturated rings. The molecule has 26 heavy (non-hydrogen) atoms. The number of likely N-dealkylation sites (N-methyl/N-ethyl adjacent to an activating group) is 1. The maximum absolute atomic E-state index is 12.0. The number of H-pyrrole nitrogens is 1. The van der Waals surface area contributed by atoms with Gasteiger partial charge in [-0.15, -0.1) is 0 Å². The van der Waals surface area contributed by atoms with Crippen molar-refractivity contribution >= 4 is 5.82 Å². The van der Waals surface area contributed by atoms with Gasteiger partial charge in [0.05, 0.1) is 12.3 Å². The predicted octanol–water partition coefficient (Wildman–Crippen LogP) is 1.83. The van der Waals surface area contributed by atoms with Gasteiger partial charge in [-0.05, 0) is 27.3 Å². The van der Waals surface area contributed by atoms with Gasteiger partial charge in [0.1, 0.15) is 12.1 Å². The van der Waals surface area contributed by atoms with Crippen LogP contribution in [0.3, 0.4) is 0 Å². The number of aromatic nitrogens is 3. The number of nitrogens with one attached hydrogen (secondary N) is 2. The van der Waals surface area contributed by atoms with Crippen molar-refractivity contribution in [2.24, 2.45) is 0 Å². The molecular weight excluding hydrogens is 330 g/mol. The van der Waals surface area contributed by atoms with Crippen molar-refractivity contribution < 1.29 is 4.74 Å². The molecule has 2 aromatic heterocycles. The molecule has 7 heteroatoms. The van der Waals surface area contributed by atoms with E-state index >= 15 is 0 Å². The summed E-state index contributed by atoms with van der Waals surface area (Å²) in [4.78, 5) is 26.1. The van der Waals surface area contributed by atoms with E-state index in [0.717, 1.165) is 61.1 Å². The smallest absolute Gasteiger partial charge is 0.187 e. The second-order valence-electron chi connectivity index (χ2n) is 6.96. The third kappa shape index (κ3) is 4.47. The fourth-order valence-electron chi connectivity index (χ4n) is 3.15. The third-order valence-electron chi connectivity index (χ3n) is 4.88. The molecule has 1 atom stereocenters. The number of aromatic amines is 1. The molecule has 0 bridgehead atoms. The maximum Gasteiger partial charge on any atom is 0.187 e. The third-order valence-corrected chi connectivity index (χ3v) is 4.88. The molecule has 3 heterocycles. The van der Waals surface area contributed by atoms with Crippen LogP contribution in [0.15, 0.2) is 23.4 Å². The van der Waals surface area contributed by atoms with Crippen LogP contribution in [0.25, 0.3) is 0 Å². The van der Waals surface area contributed by atoms with Gasteiger partial charge in [-0.3, -0.25) is 9.69 Å². The minimum Gasteiger partial charge on any atom is -0.381 e. The van der Waals surface area contributed by atoms with Crippen LogP contribution in [0.4, 0.5) is 5.82 Å². The van der Waals surface area contributed by atoms with Crippen LogP contribution >= 0.6 is 0 Å². The zero-order valence-electron chi connectivity index (χ0n) is 15.7. The standard InChI is InChI=1S/C19H27N5O2/c1-13-9-21-17(14(2)19(13)25)10-24(3)6-5-20-18-8-16(22-12-23-18)15-4-7-26-11-15/h8-9,12,15H,4-7,10-11H2,1-3H3,(H,21,25)(H,20,22,23)/t15-/m1/s1. The normalized spacial score (nSPS) is 17.0. The number of hydrogen-bond donors (Lipinski definition) is 2. The first-order chi connectivity index (χ1) is 12.5. The second-order valence-corrected chi connectivity index (χ2v) is 6.96. The fraction of sp³-hybridized carbons (Fsp3) is 0.526. The number of rotatable bonds is 7. The summed E-state index contributed by atoms with van der Waals surface area (Å²) in [6.07, 6.45) is 4.42. The first kappa shape index (κ1) is 18.5. The summed E-state index contributed by atoms with van der Waals surface area (Å²) >= 11 is 0. The number of pyridine rings is 1. The van der Waals surface area contributed by atoms with Gasteiger partial charge in [0.15, 0.2) is 5.43 Å². The van der Waals surface area contributed by atoms with Crippen molar-refractivity contribution in [1.29, 1.82) is 0 Å². The molecule has 0 saturated carbocycles. The summed E-state index contributed by atoms with van der Waals surface area (Å²) in [6.45, 7) is 7.57. The van der Waals surface area contributed by atoms with Crippen LogP contribution in [0.5, 0.6) is 0 Å². The zero-order valence-corrected chi connectivity index (χ0v) is 15.7. The Hall–Kier alpha value is -2.25. The van der Waals surface area contributed by atoms with Crippen molar-refractivity contribution in [1.82, 2.24) is 19.9 Å². The maximum atomic E-state index is 12.0. The van der Waals surface area contributed by atoms with Crippen LogP contribution in [0.1, 0.15) is 34.9 Å². The van der Waals surface area contributed by atoms with E-state index in [-0.39, 0.29) is 5.43 Å². The van der Waals surface area contributed by atoms with Gasteiger partial charge in [-0.2, -0.15) is 0 Å². The van der Waals surface area contributed by atoms with E-state index in [0.29, 0.717) is 12.5 Å². The van der Waals surface area contributed by atoms with Crippen molar-refractivity contribution in [3.63, 3.8) is 0 Å². The van der Waals surface area contributed by atoms with Gasteiger partial charge in [0.25, 0.3) is 0 Å². The first-order valence-electron chi connectivity index (χ1n) is 9.04. The highest BCUT2D eigenvalue weighted by Crippen LogP contribution is 2.24. The summed E-state index contributed by atoms with van der Waals surface area (Å²) in [5.41, 5.74) is 3.68. The Bertz CT molecular complexity index is 799. The quantitative estimate of drug-likeness (QED) is 0.787. The summed E-state index contributed by atoms with van der Waals surface area (Å²) in [5, 5.41) is 3.35. The lowest BCUT2D eigenvalue weighted by Gasteiger charge is -2.18. The van der Waals surface area contributed by atoms with E-state index in [4.69, 9.17) is 4.74 Å². The molecule has 1 saturated heterocycles. The Morgan fingerprint density at radius 2 is 2.23 bits per heavy atom. The number of ether oxygens (including phenoxy) is 1. The Morgan fingerprint density at radius 3 is 3.00 bits per heavy atom. The first-order valence-corrected chi connectivity index (χ1v) is 9.04. The number of hydrogen-bond acceptors (Lipinski definition) is 6. The molecule has 0 radical (unpaired) electrons. The Balaban J connectivity index is 1.51. The van der Waals surface area contributed by atoms with Gasteiger partial charge in [-0.1, -0.05) is 0 Å². The summed E-state index contributed by atoms with van der Waals surface area (Å²) in [7, 11) is 2.04. The van der Waals surface area contributed by atoms with E-state index < -0.39 is 0 Å². The molecule has 0 spiro atoms. The van der Waals surface area contributed by atoms with Gasteiger partial charge >= 0.3 is 0 Å². The highest BCUT2D eigenvalue weighted by atomic mass is 16.5. The number of aryl methyl sites for hydroxylation is 1. The molecule has 3 rings (SSSR count). The molecule has 1 aliphatic heterocycles. The van der Waals surface area contributed by atoms with Crippen LogP contribution in [0.2, 0.25) is 0 Å². The molecule has 1 aliphatic rings. The second kappa shape index (κ2) is 8.42. The lowest BCUT2D eigenvalue weighted by atomic mass is 10.1. The Kier molecular flexibility index (Phi) is 6.00. The van der Waals surface area contributed by atoms with E-state index in [1.165, 1.54) is 0 Å². The van der Waals surface area contributed by atoms with Crippen LogP contribution < -0.4 is 10.7 Å². The van der Waals surface area contributed by atoms with Crippen LogP contribution in [-0.4, -0.2) is 53.2 Å². The van der Waals surface area contributed by atoms with E-state index in [2.05, 4.69) is 25.2 Å². The minimum absolute atomic E-state index is 0.120. The van der Waals surface area contributed by atoms with Gasteiger partial charge in [0, 0.05) is 61.2 Å². The Labute approximate surface area is 153 Å². The van der Waals surface area contributed by atoms with E-state index in [9.17, 15) is 4.79 Å². The van der Waals surface area contributed by atoms with Crippen LogP contribution in [0, 0.1) is 13.8 Å². The fourth-order valence-corrected chi connectivity index (χ4v) is 3.15. The summed E-state index contributed by atoms with van der Waals surface area (Å²) < 4.78 is 5.43. The zero-order chi connectivity index (χ0) is 18.5. The molecule has 0 amide bonds. The number of anilines is 1. The SMILES string of the molecule is Cc1c[nH]c(CN(C)CCNc2cc([C@@H]3CCOC3)ncn2)c(C)c1=O. The van der Waals surface area contributed by atoms with Gasteiger partial charge in [0.2, 0.25) is 0 Å². The largest absolute Gasteiger partial charge is 0.381 e. The van der Waals surface area contributed by atoms with Crippen LogP contribution in [-0.2, 0) is 11.3 Å². The highest BCUT2D eigenvalue weighted by molar-refractivity contribution is 5.36. The van der Waals surface area contributed by atoms with Crippen molar-refractivity contribution in [3.8, 4) is 0 Å². The lowest BCUT2D eigenvalue weighted by molar-refractivity contribution is 0.193. The highest BCUT2D eigenvalue weighted by Gasteiger charge is 2.19. The molecule has 0 aliphatic carbocycles. The van der Waals surface area contributed by atoms with Crippen molar-refractivity contribution in [2.45, 2.75) is 32.7 Å². The summed E-state index contributed by atoms with van der Waals surface area (Å²) in [5.74, 6) is 1.22. The molecule has 140 valence electrons. The Morgan fingerprint density at radius 1 is 1.38 bits per heavy atom. The molecule has 2 N–H and O–H groups in total. The van der Waals surface area contributed by atoms with Gasteiger partial charge in [-0.25, -0.2) is 9.97 Å². The average molecular weight is 357 g/mol. The van der Waals surface area contributed by atoms with E-state index in [1.54, 1.807) is 12.5 Å². The van der Waals surface area contributed by atoms with Crippen molar-refractivity contribution in [3.05, 3.63) is 51.3 Å². The molecule has 0 aromatic carbocycles. The molecule has 7 nitrogen and oxygen atoms in total. The van der Waals surface area contributed by atoms with E-state index in [1.807, 2.05) is 27.0 Å². The predicted molar refractivity (Wildman–Crippen MR) is 102 cm³/mol. The van der Waals surface area contributed by atoms with Crippen molar-refractivity contribution in [2.75, 3.05) is 38.7 Å². The molecular formula is C19H27N5O2. The number of nitrogens with zero attached hydrogens (tertiary/aromatic N) is 3. The average Bonchev–Trinajstić information content (AvgIpc) is 3.17. The summed E-state index contributed by atoms with van der Waals surface area (Å²) in [6, 6.07) is 2.01. The minimum atomic E-state index is 0.120. The lowest BCUT2D eigenvalue weighted by Crippen LogP contribution is -2.27. The van der Waals surface area contributed by atoms with Gasteiger partial charge < -0.3 is 15.0 Å². The molecule has 2 aromatic rings.